The van der Waals surface area contributed by atoms with Crippen LogP contribution in [0, 0.1) is 12.7 Å². The molecule has 3 rings (SSSR count). The largest absolute Gasteiger partial charge is 0.354 e. The molecular formula is C32H40FN3O4S. The van der Waals surface area contributed by atoms with Crippen molar-refractivity contribution in [3.8, 4) is 0 Å². The van der Waals surface area contributed by atoms with Crippen molar-refractivity contribution in [1.82, 2.24) is 10.2 Å². The summed E-state index contributed by atoms with van der Waals surface area (Å²) in [7, 11) is -3.59. The summed E-state index contributed by atoms with van der Waals surface area (Å²) in [6, 6.07) is 21.9. The molecule has 0 fully saturated rings. The van der Waals surface area contributed by atoms with E-state index in [-0.39, 0.29) is 44.2 Å². The van der Waals surface area contributed by atoms with E-state index in [1.165, 1.54) is 15.3 Å². The Morgan fingerprint density at radius 2 is 1.59 bits per heavy atom. The van der Waals surface area contributed by atoms with Gasteiger partial charge in [-0.1, -0.05) is 79.6 Å². The number of hydrogen-bond acceptors (Lipinski definition) is 4. The number of unbranched alkanes of at least 4 members (excludes halogenated alkanes) is 1. The Morgan fingerprint density at radius 1 is 0.927 bits per heavy atom. The molecule has 0 radical (unpaired) electrons. The van der Waals surface area contributed by atoms with Crippen LogP contribution in [-0.4, -0.2) is 50.5 Å². The van der Waals surface area contributed by atoms with Crippen LogP contribution in [-0.2, 0) is 32.6 Å². The summed E-state index contributed by atoms with van der Waals surface area (Å²) in [6.45, 7) is 4.42. The molecule has 2 amide bonds. The lowest BCUT2D eigenvalue weighted by atomic mass is 10.0. The Morgan fingerprint density at radius 3 is 2.22 bits per heavy atom. The molecule has 0 spiro atoms. The molecule has 1 unspecified atom stereocenters. The number of carbonyl (C=O) groups excluding carboxylic acids is 2. The molecule has 41 heavy (non-hydrogen) atoms. The first-order chi connectivity index (χ1) is 19.6. The van der Waals surface area contributed by atoms with E-state index in [2.05, 4.69) is 5.32 Å². The molecule has 0 heterocycles. The Labute approximate surface area is 243 Å². The number of aryl methyl sites for hydroxylation is 1. The van der Waals surface area contributed by atoms with Gasteiger partial charge in [0.25, 0.3) is 0 Å². The number of carbonyl (C=O) groups is 2. The fourth-order valence-corrected chi connectivity index (χ4v) is 5.55. The molecule has 0 saturated heterocycles. The summed E-state index contributed by atoms with van der Waals surface area (Å²) in [5.74, 6) is -1.11. The van der Waals surface area contributed by atoms with Crippen molar-refractivity contribution in [2.45, 2.75) is 58.5 Å². The molecule has 220 valence electrons. The summed E-state index contributed by atoms with van der Waals surface area (Å²) in [6.07, 6.45) is 3.31. The normalized spacial score (nSPS) is 12.0. The van der Waals surface area contributed by atoms with Crippen LogP contribution in [0.25, 0.3) is 0 Å². The SMILES string of the molecule is CCCCNC(=O)C(Cc1ccccc1)N(Cc1ccccc1F)C(=O)CCCN(c1ccc(C)cc1)S(C)(=O)=O. The first-order valence-corrected chi connectivity index (χ1v) is 15.8. The van der Waals surface area contributed by atoms with Crippen molar-refractivity contribution in [3.63, 3.8) is 0 Å². The number of anilines is 1. The number of rotatable bonds is 15. The van der Waals surface area contributed by atoms with Crippen molar-refractivity contribution in [1.29, 1.82) is 0 Å². The van der Waals surface area contributed by atoms with E-state index in [4.69, 9.17) is 0 Å². The van der Waals surface area contributed by atoms with Gasteiger partial charge in [-0.3, -0.25) is 13.9 Å². The van der Waals surface area contributed by atoms with Gasteiger partial charge < -0.3 is 10.2 Å². The minimum atomic E-state index is -3.59. The molecule has 9 heteroatoms. The zero-order valence-electron chi connectivity index (χ0n) is 24.1. The molecule has 3 aromatic carbocycles. The predicted molar refractivity (Wildman–Crippen MR) is 161 cm³/mol. The molecule has 0 aromatic heterocycles. The van der Waals surface area contributed by atoms with Crippen LogP contribution in [0.2, 0.25) is 0 Å². The van der Waals surface area contributed by atoms with E-state index < -0.39 is 21.9 Å². The van der Waals surface area contributed by atoms with Gasteiger partial charge in [0.1, 0.15) is 11.9 Å². The van der Waals surface area contributed by atoms with Crippen molar-refractivity contribution in [2.75, 3.05) is 23.7 Å². The lowest BCUT2D eigenvalue weighted by Crippen LogP contribution is -2.50. The van der Waals surface area contributed by atoms with Crippen molar-refractivity contribution < 1.29 is 22.4 Å². The van der Waals surface area contributed by atoms with Gasteiger partial charge in [0.05, 0.1) is 11.9 Å². The second-order valence-electron chi connectivity index (χ2n) is 10.2. The van der Waals surface area contributed by atoms with Gasteiger partial charge in [0.2, 0.25) is 21.8 Å². The number of nitrogens with zero attached hydrogens (tertiary/aromatic N) is 2. The van der Waals surface area contributed by atoms with Gasteiger partial charge in [0.15, 0.2) is 0 Å². The minimum absolute atomic E-state index is 0.0140. The average molecular weight is 582 g/mol. The highest BCUT2D eigenvalue weighted by molar-refractivity contribution is 7.92. The highest BCUT2D eigenvalue weighted by Crippen LogP contribution is 2.21. The van der Waals surface area contributed by atoms with Crippen LogP contribution in [0.3, 0.4) is 0 Å². The highest BCUT2D eigenvalue weighted by Gasteiger charge is 2.31. The standard InChI is InChI=1S/C32H40FN3O4S/c1-4-5-21-34-32(38)30(23-26-12-7-6-8-13-26)35(24-27-14-9-10-15-29(27)33)31(37)16-11-22-36(41(3,39)40)28-19-17-25(2)18-20-28/h6-10,12-15,17-20,30H,4-5,11,16,21-24H2,1-3H3,(H,34,38). The fraction of sp³-hybridized carbons (Fsp3) is 0.375. The first-order valence-electron chi connectivity index (χ1n) is 14.0. The van der Waals surface area contributed by atoms with Crippen molar-refractivity contribution in [3.05, 3.63) is 101 Å². The quantitative estimate of drug-likeness (QED) is 0.249. The van der Waals surface area contributed by atoms with Crippen LogP contribution >= 0.6 is 0 Å². The maximum atomic E-state index is 14.7. The smallest absolute Gasteiger partial charge is 0.243 e. The molecular weight excluding hydrogens is 541 g/mol. The van der Waals surface area contributed by atoms with Gasteiger partial charge in [-0.05, 0) is 43.5 Å². The number of sulfonamides is 1. The molecule has 0 saturated carbocycles. The Hall–Kier alpha value is -3.72. The van der Waals surface area contributed by atoms with Gasteiger partial charge >= 0.3 is 0 Å². The minimum Gasteiger partial charge on any atom is -0.354 e. The molecule has 1 N–H and O–H groups in total. The summed E-state index contributed by atoms with van der Waals surface area (Å²) < 4.78 is 41.2. The zero-order chi connectivity index (χ0) is 29.8. The van der Waals surface area contributed by atoms with E-state index in [9.17, 15) is 22.4 Å². The van der Waals surface area contributed by atoms with Crippen LogP contribution in [0.4, 0.5) is 10.1 Å². The molecule has 0 bridgehead atoms. The maximum Gasteiger partial charge on any atom is 0.243 e. The topological polar surface area (TPSA) is 86.8 Å². The van der Waals surface area contributed by atoms with Crippen LogP contribution in [0.15, 0.2) is 78.9 Å². The van der Waals surface area contributed by atoms with Crippen molar-refractivity contribution >= 4 is 27.5 Å². The Bertz CT molecular complexity index is 1380. The molecule has 0 aliphatic carbocycles. The lowest BCUT2D eigenvalue weighted by molar-refractivity contribution is -0.141. The molecule has 7 nitrogen and oxygen atoms in total. The molecule has 3 aromatic rings. The third kappa shape index (κ3) is 9.70. The molecule has 0 aliphatic rings. The second kappa shape index (κ2) is 15.3. The third-order valence-electron chi connectivity index (χ3n) is 6.87. The summed E-state index contributed by atoms with van der Waals surface area (Å²) in [5.41, 5.74) is 2.70. The first kappa shape index (κ1) is 31.8. The number of nitrogens with one attached hydrogen (secondary N) is 1. The van der Waals surface area contributed by atoms with Gasteiger partial charge in [-0.15, -0.1) is 0 Å². The number of halogens is 1. The number of hydrogen-bond donors (Lipinski definition) is 1. The third-order valence-corrected chi connectivity index (χ3v) is 8.07. The van der Waals surface area contributed by atoms with E-state index >= 15 is 0 Å². The van der Waals surface area contributed by atoms with Crippen LogP contribution < -0.4 is 9.62 Å². The summed E-state index contributed by atoms with van der Waals surface area (Å²) >= 11 is 0. The van der Waals surface area contributed by atoms with Crippen molar-refractivity contribution in [2.24, 2.45) is 0 Å². The van der Waals surface area contributed by atoms with Crippen LogP contribution in [0.1, 0.15) is 49.3 Å². The average Bonchev–Trinajstić information content (AvgIpc) is 2.94. The van der Waals surface area contributed by atoms with Crippen LogP contribution in [0.5, 0.6) is 0 Å². The summed E-state index contributed by atoms with van der Waals surface area (Å²) in [4.78, 5) is 28.7. The molecule has 1 atom stereocenters. The predicted octanol–water partition coefficient (Wildman–Crippen LogP) is 5.24. The van der Waals surface area contributed by atoms with E-state index in [1.54, 1.807) is 30.3 Å². The van der Waals surface area contributed by atoms with E-state index in [0.29, 0.717) is 17.8 Å². The van der Waals surface area contributed by atoms with E-state index in [0.717, 1.165) is 30.2 Å². The van der Waals surface area contributed by atoms with Gasteiger partial charge in [-0.25, -0.2) is 12.8 Å². The van der Waals surface area contributed by atoms with E-state index in [1.807, 2.05) is 56.3 Å². The second-order valence-corrected chi connectivity index (χ2v) is 12.1. The fourth-order valence-electron chi connectivity index (χ4n) is 4.59. The number of amides is 2. The van der Waals surface area contributed by atoms with Gasteiger partial charge in [-0.2, -0.15) is 0 Å². The van der Waals surface area contributed by atoms with Gasteiger partial charge in [0, 0.05) is 38.0 Å². The zero-order valence-corrected chi connectivity index (χ0v) is 24.9. The Kier molecular flexibility index (Phi) is 11.9. The maximum absolute atomic E-state index is 14.7. The molecule has 0 aliphatic heterocycles. The summed E-state index contributed by atoms with van der Waals surface area (Å²) in [5, 5.41) is 2.95. The number of benzene rings is 3. The highest BCUT2D eigenvalue weighted by atomic mass is 32.2. The monoisotopic (exact) mass is 581 g/mol. The Balaban J connectivity index is 1.87. The lowest BCUT2D eigenvalue weighted by Gasteiger charge is -2.32.